The van der Waals surface area contributed by atoms with Crippen LogP contribution in [0.4, 0.5) is 5.69 Å². The van der Waals surface area contributed by atoms with Crippen molar-refractivity contribution >= 4 is 28.9 Å². The summed E-state index contributed by atoms with van der Waals surface area (Å²) in [4.78, 5) is 0. The first-order chi connectivity index (χ1) is 9.15. The van der Waals surface area contributed by atoms with Crippen LogP contribution in [0.1, 0.15) is 22.6 Å². The quantitative estimate of drug-likeness (QED) is 0.785. The van der Waals surface area contributed by atoms with Crippen LogP contribution in [0.25, 0.3) is 0 Å². The number of benzene rings is 2. The first kappa shape index (κ1) is 12.8. The first-order valence-electron chi connectivity index (χ1n) is 6.19. The Morgan fingerprint density at radius 2 is 2.00 bits per heavy atom. The van der Waals surface area contributed by atoms with E-state index in [1.54, 1.807) is 6.07 Å². The normalized spacial score (nSPS) is 18.1. The fourth-order valence-electron chi connectivity index (χ4n) is 2.65. The van der Waals surface area contributed by atoms with E-state index in [-0.39, 0.29) is 5.92 Å². The molecular formula is C15H14Cl2N2. The smallest absolute Gasteiger partial charge is 0.0468 e. The maximum atomic E-state index is 6.28. The van der Waals surface area contributed by atoms with E-state index in [9.17, 15) is 0 Å². The third-order valence-corrected chi connectivity index (χ3v) is 4.09. The fraction of sp³-hybridized carbons (Fsp3) is 0.200. The highest BCUT2D eigenvalue weighted by atomic mass is 35.5. The van der Waals surface area contributed by atoms with Gasteiger partial charge in [-0.15, -0.1) is 0 Å². The van der Waals surface area contributed by atoms with Crippen LogP contribution in [-0.4, -0.2) is 6.54 Å². The van der Waals surface area contributed by atoms with Crippen LogP contribution in [0.2, 0.25) is 10.0 Å². The summed E-state index contributed by atoms with van der Waals surface area (Å²) in [6.07, 6.45) is 0. The van der Waals surface area contributed by atoms with E-state index in [2.05, 4.69) is 11.4 Å². The van der Waals surface area contributed by atoms with Crippen molar-refractivity contribution in [1.29, 1.82) is 0 Å². The summed E-state index contributed by atoms with van der Waals surface area (Å²) in [5.41, 5.74) is 10.2. The molecule has 3 N–H and O–H groups in total. The molecule has 0 spiro atoms. The molecular weight excluding hydrogens is 279 g/mol. The maximum absolute atomic E-state index is 6.28. The number of halogens is 2. The molecule has 0 saturated carbocycles. The minimum atomic E-state index is 0.239. The van der Waals surface area contributed by atoms with Crippen LogP contribution in [-0.2, 0) is 6.54 Å². The molecule has 0 saturated heterocycles. The fourth-order valence-corrected chi connectivity index (χ4v) is 3.22. The minimum Gasteiger partial charge on any atom is -0.399 e. The third kappa shape index (κ3) is 2.44. The zero-order chi connectivity index (χ0) is 13.4. The van der Waals surface area contributed by atoms with Crippen molar-refractivity contribution in [1.82, 2.24) is 5.32 Å². The molecule has 2 aromatic rings. The van der Waals surface area contributed by atoms with E-state index in [0.29, 0.717) is 5.02 Å². The number of hydrogen-bond donors (Lipinski definition) is 2. The van der Waals surface area contributed by atoms with Gasteiger partial charge in [-0.2, -0.15) is 0 Å². The van der Waals surface area contributed by atoms with Crippen LogP contribution >= 0.6 is 23.2 Å². The Morgan fingerprint density at radius 1 is 1.16 bits per heavy atom. The van der Waals surface area contributed by atoms with E-state index in [0.717, 1.165) is 29.4 Å². The molecule has 0 aliphatic carbocycles. The van der Waals surface area contributed by atoms with Gasteiger partial charge in [0, 0.05) is 34.7 Å². The van der Waals surface area contributed by atoms with Gasteiger partial charge in [0.2, 0.25) is 0 Å². The summed E-state index contributed by atoms with van der Waals surface area (Å²) in [5, 5.41) is 4.81. The Bertz CT molecular complexity index is 626. The van der Waals surface area contributed by atoms with Crippen LogP contribution in [0, 0.1) is 0 Å². The Labute approximate surface area is 122 Å². The Morgan fingerprint density at radius 3 is 2.79 bits per heavy atom. The summed E-state index contributed by atoms with van der Waals surface area (Å²) in [6, 6.07) is 11.8. The van der Waals surface area contributed by atoms with Gasteiger partial charge in [-0.25, -0.2) is 0 Å². The highest BCUT2D eigenvalue weighted by molar-refractivity contribution is 6.35. The van der Waals surface area contributed by atoms with Crippen LogP contribution in [0.15, 0.2) is 36.4 Å². The molecule has 0 radical (unpaired) electrons. The van der Waals surface area contributed by atoms with Crippen molar-refractivity contribution in [2.45, 2.75) is 12.5 Å². The number of nitrogens with one attached hydrogen (secondary N) is 1. The standard InChI is InChI=1S/C15H14Cl2N2/c16-10-5-12-13(9-2-1-3-11(18)4-9)7-19-8-14(12)15(17)6-10/h1-6,13,19H,7-8,18H2. The highest BCUT2D eigenvalue weighted by Gasteiger charge is 2.23. The van der Waals surface area contributed by atoms with E-state index in [1.165, 1.54) is 11.1 Å². The van der Waals surface area contributed by atoms with Gasteiger partial charge in [0.15, 0.2) is 0 Å². The topological polar surface area (TPSA) is 38.0 Å². The van der Waals surface area contributed by atoms with Gasteiger partial charge in [-0.3, -0.25) is 0 Å². The largest absolute Gasteiger partial charge is 0.399 e. The molecule has 19 heavy (non-hydrogen) atoms. The van der Waals surface area contributed by atoms with E-state index in [4.69, 9.17) is 28.9 Å². The summed E-state index contributed by atoms with van der Waals surface area (Å²) in [5.74, 6) is 0.239. The lowest BCUT2D eigenvalue weighted by molar-refractivity contribution is 0.591. The monoisotopic (exact) mass is 292 g/mol. The van der Waals surface area contributed by atoms with Crippen molar-refractivity contribution in [2.75, 3.05) is 12.3 Å². The number of nitrogens with two attached hydrogens (primary N) is 1. The van der Waals surface area contributed by atoms with E-state index < -0.39 is 0 Å². The van der Waals surface area contributed by atoms with Crippen molar-refractivity contribution < 1.29 is 0 Å². The Hall–Kier alpha value is -1.22. The Balaban J connectivity index is 2.12. The zero-order valence-electron chi connectivity index (χ0n) is 10.3. The molecule has 4 heteroatoms. The van der Waals surface area contributed by atoms with Gasteiger partial charge >= 0.3 is 0 Å². The molecule has 3 rings (SSSR count). The van der Waals surface area contributed by atoms with Gasteiger partial charge in [-0.05, 0) is 41.0 Å². The number of hydrogen-bond acceptors (Lipinski definition) is 2. The van der Waals surface area contributed by atoms with Crippen molar-refractivity contribution in [3.05, 3.63) is 63.1 Å². The highest BCUT2D eigenvalue weighted by Crippen LogP contribution is 2.36. The summed E-state index contributed by atoms with van der Waals surface area (Å²) >= 11 is 12.4. The molecule has 1 aliphatic heterocycles. The molecule has 1 unspecified atom stereocenters. The predicted molar refractivity (Wildman–Crippen MR) is 80.9 cm³/mol. The summed E-state index contributed by atoms with van der Waals surface area (Å²) in [6.45, 7) is 1.65. The van der Waals surface area contributed by atoms with Gasteiger partial charge in [0.25, 0.3) is 0 Å². The Kier molecular flexibility index (Phi) is 3.40. The van der Waals surface area contributed by atoms with Crippen LogP contribution < -0.4 is 11.1 Å². The maximum Gasteiger partial charge on any atom is 0.0468 e. The molecule has 1 atom stereocenters. The third-order valence-electron chi connectivity index (χ3n) is 3.53. The molecule has 0 bridgehead atoms. The zero-order valence-corrected chi connectivity index (χ0v) is 11.8. The SMILES string of the molecule is Nc1cccc(C2CNCc3c(Cl)cc(Cl)cc32)c1. The molecule has 2 aromatic carbocycles. The number of anilines is 1. The number of nitrogen functional groups attached to an aromatic ring is 1. The second-order valence-corrected chi connectivity index (χ2v) is 5.65. The summed E-state index contributed by atoms with van der Waals surface area (Å²) < 4.78 is 0. The molecule has 1 aliphatic rings. The van der Waals surface area contributed by atoms with Crippen molar-refractivity contribution in [3.63, 3.8) is 0 Å². The molecule has 0 aromatic heterocycles. The first-order valence-corrected chi connectivity index (χ1v) is 6.94. The lowest BCUT2D eigenvalue weighted by atomic mass is 9.85. The average molecular weight is 293 g/mol. The van der Waals surface area contributed by atoms with Gasteiger partial charge < -0.3 is 11.1 Å². The number of fused-ring (bicyclic) bond motifs is 1. The van der Waals surface area contributed by atoms with Gasteiger partial charge in [-0.1, -0.05) is 35.3 Å². The van der Waals surface area contributed by atoms with Crippen LogP contribution in [0.3, 0.4) is 0 Å². The van der Waals surface area contributed by atoms with Gasteiger partial charge in [0.1, 0.15) is 0 Å². The second-order valence-electron chi connectivity index (χ2n) is 4.81. The molecule has 0 amide bonds. The second kappa shape index (κ2) is 5.04. The predicted octanol–water partition coefficient (Wildman–Crippen LogP) is 3.81. The van der Waals surface area contributed by atoms with Crippen molar-refractivity contribution in [3.8, 4) is 0 Å². The van der Waals surface area contributed by atoms with E-state index >= 15 is 0 Å². The molecule has 98 valence electrons. The minimum absolute atomic E-state index is 0.239. The molecule has 1 heterocycles. The number of rotatable bonds is 1. The lowest BCUT2D eigenvalue weighted by Gasteiger charge is -2.28. The average Bonchev–Trinajstić information content (AvgIpc) is 2.38. The van der Waals surface area contributed by atoms with Gasteiger partial charge in [0.05, 0.1) is 0 Å². The molecule has 2 nitrogen and oxygen atoms in total. The van der Waals surface area contributed by atoms with E-state index in [1.807, 2.05) is 24.3 Å². The summed E-state index contributed by atoms with van der Waals surface area (Å²) in [7, 11) is 0. The van der Waals surface area contributed by atoms with Crippen molar-refractivity contribution in [2.24, 2.45) is 0 Å². The lowest BCUT2D eigenvalue weighted by Crippen LogP contribution is -2.29. The molecule has 0 fully saturated rings. The van der Waals surface area contributed by atoms with Crippen LogP contribution in [0.5, 0.6) is 0 Å².